The van der Waals surface area contributed by atoms with E-state index in [1.54, 1.807) is 12.1 Å². The van der Waals surface area contributed by atoms with Gasteiger partial charge in [-0.1, -0.05) is 47.6 Å². The van der Waals surface area contributed by atoms with Crippen molar-refractivity contribution in [2.75, 3.05) is 18.4 Å². The monoisotopic (exact) mass is 546 g/mol. The molecule has 4 rings (SSSR count). The van der Waals surface area contributed by atoms with Gasteiger partial charge in [0.25, 0.3) is 5.91 Å². The molecule has 1 amide bonds. The molecule has 1 aliphatic rings. The molecule has 0 radical (unpaired) electrons. The number of aromatic nitrogens is 2. The second-order valence-electron chi connectivity index (χ2n) is 8.62. The third kappa shape index (κ3) is 6.24. The van der Waals surface area contributed by atoms with Gasteiger partial charge in [0, 0.05) is 24.5 Å². The van der Waals surface area contributed by atoms with E-state index in [9.17, 15) is 13.2 Å². The fourth-order valence-electron chi connectivity index (χ4n) is 3.87. The molecule has 2 aromatic carbocycles. The largest absolute Gasteiger partial charge is 0.373 e. The first-order chi connectivity index (χ1) is 17.1. The Labute approximate surface area is 220 Å². The Morgan fingerprint density at radius 3 is 2.47 bits per heavy atom. The van der Waals surface area contributed by atoms with Crippen molar-refractivity contribution < 1.29 is 17.9 Å². The number of morpholine rings is 1. The number of amides is 1. The lowest BCUT2D eigenvalue weighted by atomic mass is 10.1. The molecule has 0 bridgehead atoms. The maximum absolute atomic E-state index is 13.0. The van der Waals surface area contributed by atoms with Gasteiger partial charge < -0.3 is 10.1 Å². The highest BCUT2D eigenvalue weighted by Gasteiger charge is 2.32. The molecule has 0 saturated carbocycles. The van der Waals surface area contributed by atoms with Crippen LogP contribution in [0.1, 0.15) is 35.5 Å². The van der Waals surface area contributed by atoms with Crippen LogP contribution in [0.2, 0.25) is 5.02 Å². The van der Waals surface area contributed by atoms with Crippen LogP contribution in [0.4, 0.5) is 5.69 Å². The number of thioether (sulfide) groups is 1. The Morgan fingerprint density at radius 1 is 1.14 bits per heavy atom. The fourth-order valence-corrected chi connectivity index (χ4v) is 6.53. The predicted molar refractivity (Wildman–Crippen MR) is 141 cm³/mol. The summed E-state index contributed by atoms with van der Waals surface area (Å²) in [7, 11) is -3.67. The first kappa shape index (κ1) is 26.6. The normalized spacial score (nSPS) is 18.7. The lowest BCUT2D eigenvalue weighted by Crippen LogP contribution is -2.48. The Morgan fingerprint density at radius 2 is 1.81 bits per heavy atom. The van der Waals surface area contributed by atoms with Crippen LogP contribution >= 0.6 is 23.4 Å². The molecule has 0 spiro atoms. The summed E-state index contributed by atoms with van der Waals surface area (Å²) in [6.07, 6.45) is 1.04. The van der Waals surface area contributed by atoms with E-state index in [1.807, 2.05) is 45.0 Å². The van der Waals surface area contributed by atoms with Crippen LogP contribution in [0, 0.1) is 6.92 Å². The summed E-state index contributed by atoms with van der Waals surface area (Å²) in [5.41, 5.74) is 2.79. The number of carbonyl (C=O) groups excluding carboxylic acids is 1. The van der Waals surface area contributed by atoms with Crippen molar-refractivity contribution in [1.82, 2.24) is 14.3 Å². The van der Waals surface area contributed by atoms with E-state index in [2.05, 4.69) is 15.3 Å². The first-order valence-electron chi connectivity index (χ1n) is 11.4. The van der Waals surface area contributed by atoms with Gasteiger partial charge in [-0.2, -0.15) is 4.31 Å². The number of nitrogens with one attached hydrogen (secondary N) is 1. The minimum Gasteiger partial charge on any atom is -0.373 e. The highest BCUT2D eigenvalue weighted by atomic mass is 35.5. The predicted octanol–water partition coefficient (Wildman–Crippen LogP) is 4.78. The minimum atomic E-state index is -3.67. The smallest absolute Gasteiger partial charge is 0.275 e. The number of sulfonamides is 1. The molecule has 3 aromatic rings. The summed E-state index contributed by atoms with van der Waals surface area (Å²) in [5, 5.41) is 3.29. The molecule has 2 atom stereocenters. The van der Waals surface area contributed by atoms with Crippen LogP contribution in [0.5, 0.6) is 0 Å². The number of hydrogen-bond donors (Lipinski definition) is 1. The quantitative estimate of drug-likeness (QED) is 0.336. The minimum absolute atomic E-state index is 0.0481. The Balaban J connectivity index is 1.44. The van der Waals surface area contributed by atoms with E-state index in [0.717, 1.165) is 5.56 Å². The highest BCUT2D eigenvalue weighted by Crippen LogP contribution is 2.25. The molecular weight excluding hydrogens is 520 g/mol. The molecule has 1 aromatic heterocycles. The zero-order valence-corrected chi connectivity index (χ0v) is 22.5. The van der Waals surface area contributed by atoms with Gasteiger partial charge in [-0.15, -0.1) is 0 Å². The maximum atomic E-state index is 13.0. The SMILES string of the molecule is Cc1ccccc1CSc1ncc(Cl)c(C(=O)Nc2ccc(S(=O)(=O)N3CC(C)OC(C)C3)cc2)n1. The number of benzene rings is 2. The van der Waals surface area contributed by atoms with Crippen molar-refractivity contribution in [2.24, 2.45) is 0 Å². The number of nitrogens with zero attached hydrogens (tertiary/aromatic N) is 3. The average molecular weight is 547 g/mol. The molecule has 8 nitrogen and oxygen atoms in total. The van der Waals surface area contributed by atoms with Gasteiger partial charge in [0.05, 0.1) is 28.3 Å². The van der Waals surface area contributed by atoms with E-state index in [4.69, 9.17) is 16.3 Å². The van der Waals surface area contributed by atoms with Gasteiger partial charge in [0.1, 0.15) is 0 Å². The maximum Gasteiger partial charge on any atom is 0.275 e. The number of anilines is 1. The second kappa shape index (κ2) is 11.3. The van der Waals surface area contributed by atoms with Gasteiger partial charge in [-0.05, 0) is 56.2 Å². The molecule has 11 heteroatoms. The summed E-state index contributed by atoms with van der Waals surface area (Å²) < 4.78 is 33.2. The molecule has 1 fully saturated rings. The van der Waals surface area contributed by atoms with E-state index >= 15 is 0 Å². The standard InChI is InChI=1S/C25H27ClN4O4S2/c1-16-6-4-5-7-19(16)15-35-25-27-12-22(26)23(29-25)24(31)28-20-8-10-21(11-9-20)36(32,33)30-13-17(2)34-18(3)14-30/h4-12,17-18H,13-15H2,1-3H3,(H,28,31). The van der Waals surface area contributed by atoms with Crippen LogP contribution in [0.25, 0.3) is 0 Å². The summed E-state index contributed by atoms with van der Waals surface area (Å²) in [6, 6.07) is 14.1. The third-order valence-electron chi connectivity index (χ3n) is 5.69. The summed E-state index contributed by atoms with van der Waals surface area (Å²) in [4.78, 5) is 21.6. The molecule has 1 saturated heterocycles. The molecule has 1 aliphatic heterocycles. The second-order valence-corrected chi connectivity index (χ2v) is 11.9. The van der Waals surface area contributed by atoms with Crippen molar-refractivity contribution in [3.63, 3.8) is 0 Å². The Bertz CT molecular complexity index is 1340. The summed E-state index contributed by atoms with van der Waals surface area (Å²) in [6.45, 7) is 6.32. The summed E-state index contributed by atoms with van der Waals surface area (Å²) >= 11 is 7.62. The van der Waals surface area contributed by atoms with Gasteiger partial charge in [-0.25, -0.2) is 18.4 Å². The zero-order valence-electron chi connectivity index (χ0n) is 20.1. The number of halogens is 1. The third-order valence-corrected chi connectivity index (χ3v) is 8.72. The molecule has 2 heterocycles. The molecular formula is C25H27ClN4O4S2. The number of rotatable bonds is 7. The first-order valence-corrected chi connectivity index (χ1v) is 14.2. The number of hydrogen-bond acceptors (Lipinski definition) is 7. The van der Waals surface area contributed by atoms with Crippen molar-refractivity contribution in [3.05, 3.63) is 76.6 Å². The number of aryl methyl sites for hydroxylation is 1. The lowest BCUT2D eigenvalue weighted by Gasteiger charge is -2.34. The van der Waals surface area contributed by atoms with Gasteiger partial charge in [-0.3, -0.25) is 4.79 Å². The van der Waals surface area contributed by atoms with E-state index in [-0.39, 0.29) is 27.8 Å². The van der Waals surface area contributed by atoms with Gasteiger partial charge >= 0.3 is 0 Å². The fraction of sp³-hybridized carbons (Fsp3) is 0.320. The number of ether oxygens (including phenoxy) is 1. The van der Waals surface area contributed by atoms with Crippen LogP contribution in [0.15, 0.2) is 64.8 Å². The molecule has 190 valence electrons. The number of carbonyl (C=O) groups is 1. The van der Waals surface area contributed by atoms with Crippen molar-refractivity contribution in [1.29, 1.82) is 0 Å². The average Bonchev–Trinajstić information content (AvgIpc) is 2.84. The molecule has 36 heavy (non-hydrogen) atoms. The highest BCUT2D eigenvalue weighted by molar-refractivity contribution is 7.98. The van der Waals surface area contributed by atoms with E-state index < -0.39 is 15.9 Å². The van der Waals surface area contributed by atoms with Crippen LogP contribution in [-0.2, 0) is 20.5 Å². The molecule has 0 aliphatic carbocycles. The summed E-state index contributed by atoms with van der Waals surface area (Å²) in [5.74, 6) is 0.151. The lowest BCUT2D eigenvalue weighted by molar-refractivity contribution is -0.0440. The van der Waals surface area contributed by atoms with Crippen molar-refractivity contribution in [3.8, 4) is 0 Å². The topological polar surface area (TPSA) is 101 Å². The van der Waals surface area contributed by atoms with E-state index in [1.165, 1.54) is 40.0 Å². The van der Waals surface area contributed by atoms with Gasteiger partial charge in [0.15, 0.2) is 10.9 Å². The van der Waals surface area contributed by atoms with Crippen molar-refractivity contribution in [2.45, 2.75) is 48.8 Å². The van der Waals surface area contributed by atoms with Gasteiger partial charge in [0.2, 0.25) is 10.0 Å². The molecule has 2 unspecified atom stereocenters. The molecule has 1 N–H and O–H groups in total. The van der Waals surface area contributed by atoms with Crippen molar-refractivity contribution >= 4 is 45.0 Å². The zero-order chi connectivity index (χ0) is 25.9. The Kier molecular flexibility index (Phi) is 8.31. The van der Waals surface area contributed by atoms with E-state index in [0.29, 0.717) is 29.7 Å². The van der Waals surface area contributed by atoms with Crippen LogP contribution in [-0.4, -0.2) is 53.9 Å². The Hall–Kier alpha value is -2.50. The van der Waals surface area contributed by atoms with Crippen LogP contribution in [0.3, 0.4) is 0 Å². The van der Waals surface area contributed by atoms with Crippen LogP contribution < -0.4 is 5.32 Å².